The highest BCUT2D eigenvalue weighted by atomic mass is 32.2. The van der Waals surface area contributed by atoms with E-state index in [1.54, 1.807) is 18.2 Å². The fraction of sp³-hybridized carbons (Fsp3) is 0.250. The molecule has 3 aromatic rings. The van der Waals surface area contributed by atoms with Crippen molar-refractivity contribution in [1.82, 2.24) is 14.5 Å². The average Bonchev–Trinajstić information content (AvgIpc) is 3.45. The quantitative estimate of drug-likeness (QED) is 0.403. The van der Waals surface area contributed by atoms with Crippen LogP contribution < -0.4 is 0 Å². The van der Waals surface area contributed by atoms with Gasteiger partial charge >= 0.3 is 0 Å². The van der Waals surface area contributed by atoms with Crippen molar-refractivity contribution in [2.45, 2.75) is 23.0 Å². The summed E-state index contributed by atoms with van der Waals surface area (Å²) in [6, 6.07) is 12.0. The predicted molar refractivity (Wildman–Crippen MR) is 109 cm³/mol. The number of rotatable bonds is 7. The van der Waals surface area contributed by atoms with E-state index in [0.29, 0.717) is 18.7 Å². The van der Waals surface area contributed by atoms with E-state index in [1.165, 1.54) is 34.6 Å². The van der Waals surface area contributed by atoms with Crippen molar-refractivity contribution in [3.05, 3.63) is 59.9 Å². The normalized spacial score (nSPS) is 14.8. The Morgan fingerprint density at radius 1 is 1.07 bits per heavy atom. The molecule has 1 aliphatic rings. The highest BCUT2D eigenvalue weighted by molar-refractivity contribution is 7.99. The second-order valence-electron chi connectivity index (χ2n) is 6.70. The number of ketones is 1. The molecule has 1 aliphatic heterocycles. The van der Waals surface area contributed by atoms with Crippen LogP contribution in [0.25, 0.3) is 11.5 Å². The zero-order valence-electron chi connectivity index (χ0n) is 15.8. The topological polar surface area (TPSA) is 93.4 Å². The summed E-state index contributed by atoms with van der Waals surface area (Å²) >= 11 is 1.01. The van der Waals surface area contributed by atoms with Crippen molar-refractivity contribution >= 4 is 27.6 Å². The molecule has 0 bridgehead atoms. The standard InChI is InChI=1S/C20H18FN3O4S2/c21-17-6-2-1-5-16(17)18(25)13-29-20-23-22-19(28-20)14-7-9-15(10-8-14)30(26,27)24-11-3-4-12-24/h1-2,5-10H,3-4,11-13H2. The van der Waals surface area contributed by atoms with E-state index in [4.69, 9.17) is 4.42 Å². The van der Waals surface area contributed by atoms with E-state index in [9.17, 15) is 17.6 Å². The first-order chi connectivity index (χ1) is 14.4. The number of aromatic nitrogens is 2. The molecule has 0 N–H and O–H groups in total. The number of benzene rings is 2. The Bertz CT molecular complexity index is 1160. The molecule has 2 aromatic carbocycles. The molecule has 1 saturated heterocycles. The van der Waals surface area contributed by atoms with Crippen molar-refractivity contribution < 1.29 is 22.0 Å². The maximum Gasteiger partial charge on any atom is 0.277 e. The zero-order valence-corrected chi connectivity index (χ0v) is 17.5. The van der Waals surface area contributed by atoms with Crippen molar-refractivity contribution in [1.29, 1.82) is 0 Å². The number of hydrogen-bond donors (Lipinski definition) is 0. The number of carbonyl (C=O) groups is 1. The van der Waals surface area contributed by atoms with Gasteiger partial charge in [0.1, 0.15) is 5.82 Å². The van der Waals surface area contributed by atoms with Gasteiger partial charge in [0.05, 0.1) is 16.2 Å². The lowest BCUT2D eigenvalue weighted by atomic mass is 10.1. The van der Waals surface area contributed by atoms with E-state index in [-0.39, 0.29) is 33.1 Å². The van der Waals surface area contributed by atoms with Crippen molar-refractivity contribution in [3.8, 4) is 11.5 Å². The second-order valence-corrected chi connectivity index (χ2v) is 9.56. The molecule has 2 heterocycles. The minimum Gasteiger partial charge on any atom is -0.411 e. The Morgan fingerprint density at radius 3 is 2.47 bits per heavy atom. The van der Waals surface area contributed by atoms with Gasteiger partial charge in [-0.2, -0.15) is 4.31 Å². The molecule has 0 spiro atoms. The number of carbonyl (C=O) groups excluding carboxylic acids is 1. The van der Waals surface area contributed by atoms with Crippen LogP contribution in [-0.4, -0.2) is 47.5 Å². The Morgan fingerprint density at radius 2 is 1.77 bits per heavy atom. The van der Waals surface area contributed by atoms with E-state index >= 15 is 0 Å². The molecular formula is C20H18FN3O4S2. The maximum atomic E-state index is 13.7. The molecule has 0 aliphatic carbocycles. The number of hydrogen-bond acceptors (Lipinski definition) is 7. The van der Waals surface area contributed by atoms with Crippen LogP contribution in [0.5, 0.6) is 0 Å². The summed E-state index contributed by atoms with van der Waals surface area (Å²) < 4.78 is 45.9. The number of sulfonamides is 1. The molecule has 10 heteroatoms. The van der Waals surface area contributed by atoms with Gasteiger partial charge in [0.2, 0.25) is 15.9 Å². The first-order valence-corrected chi connectivity index (χ1v) is 11.7. The molecule has 7 nitrogen and oxygen atoms in total. The van der Waals surface area contributed by atoms with Gasteiger partial charge in [-0.15, -0.1) is 10.2 Å². The molecule has 4 rings (SSSR count). The van der Waals surface area contributed by atoms with E-state index in [0.717, 1.165) is 24.6 Å². The number of halogens is 1. The van der Waals surface area contributed by atoms with Gasteiger partial charge in [-0.1, -0.05) is 23.9 Å². The van der Waals surface area contributed by atoms with Crippen LogP contribution in [0.1, 0.15) is 23.2 Å². The summed E-state index contributed by atoms with van der Waals surface area (Å²) in [5.41, 5.74) is 0.578. The van der Waals surface area contributed by atoms with Crippen LogP contribution in [0.3, 0.4) is 0 Å². The molecule has 0 atom stereocenters. The maximum absolute atomic E-state index is 13.7. The van der Waals surface area contributed by atoms with E-state index < -0.39 is 15.8 Å². The highest BCUT2D eigenvalue weighted by Gasteiger charge is 2.27. The van der Waals surface area contributed by atoms with Gasteiger partial charge in [0, 0.05) is 18.7 Å². The summed E-state index contributed by atoms with van der Waals surface area (Å²) in [4.78, 5) is 12.4. The Balaban J connectivity index is 1.42. The van der Waals surface area contributed by atoms with Gasteiger partial charge in [-0.05, 0) is 49.2 Å². The highest BCUT2D eigenvalue weighted by Crippen LogP contribution is 2.27. The molecule has 1 aromatic heterocycles. The van der Waals surface area contributed by atoms with E-state index in [1.807, 2.05) is 0 Å². The number of nitrogens with zero attached hydrogens (tertiary/aromatic N) is 3. The summed E-state index contributed by atoms with van der Waals surface area (Å²) in [7, 11) is -3.49. The van der Waals surface area contributed by atoms with Crippen molar-refractivity contribution in [2.75, 3.05) is 18.8 Å². The van der Waals surface area contributed by atoms with Crippen LogP contribution in [-0.2, 0) is 10.0 Å². The van der Waals surface area contributed by atoms with Gasteiger partial charge in [-0.25, -0.2) is 12.8 Å². The van der Waals surface area contributed by atoms with Crippen molar-refractivity contribution in [3.63, 3.8) is 0 Å². The summed E-state index contributed by atoms with van der Waals surface area (Å²) in [6.45, 7) is 1.08. The lowest BCUT2D eigenvalue weighted by molar-refractivity contribution is 0.101. The fourth-order valence-corrected chi connectivity index (χ4v) is 5.29. The minimum atomic E-state index is -3.49. The van der Waals surface area contributed by atoms with Crippen LogP contribution >= 0.6 is 11.8 Å². The van der Waals surface area contributed by atoms with Gasteiger partial charge < -0.3 is 4.42 Å². The first kappa shape index (κ1) is 20.7. The summed E-state index contributed by atoms with van der Waals surface area (Å²) in [6.07, 6.45) is 1.75. The lowest BCUT2D eigenvalue weighted by Gasteiger charge is -2.15. The second kappa shape index (κ2) is 8.66. The summed E-state index contributed by atoms with van der Waals surface area (Å²) in [5, 5.41) is 8.00. The minimum absolute atomic E-state index is 0.0135. The van der Waals surface area contributed by atoms with Crippen LogP contribution in [0.4, 0.5) is 4.39 Å². The van der Waals surface area contributed by atoms with Crippen molar-refractivity contribution in [2.24, 2.45) is 0 Å². The third kappa shape index (κ3) is 4.30. The average molecular weight is 448 g/mol. The van der Waals surface area contributed by atoms with Crippen LogP contribution in [0.15, 0.2) is 63.1 Å². The molecule has 0 radical (unpaired) electrons. The third-order valence-corrected chi connectivity index (χ3v) is 7.44. The largest absolute Gasteiger partial charge is 0.411 e. The molecule has 0 saturated carbocycles. The predicted octanol–water partition coefficient (Wildman–Crippen LogP) is 3.64. The van der Waals surface area contributed by atoms with Crippen LogP contribution in [0, 0.1) is 5.82 Å². The number of Topliss-reactive ketones (excluding diaryl/α,β-unsaturated/α-hetero) is 1. The SMILES string of the molecule is O=C(CSc1nnc(-c2ccc(S(=O)(=O)N3CCCC3)cc2)o1)c1ccccc1F. The molecule has 1 fully saturated rings. The molecular weight excluding hydrogens is 429 g/mol. The van der Waals surface area contributed by atoms with Crippen LogP contribution in [0.2, 0.25) is 0 Å². The smallest absolute Gasteiger partial charge is 0.277 e. The Hall–Kier alpha value is -2.56. The monoisotopic (exact) mass is 447 g/mol. The molecule has 156 valence electrons. The number of thioether (sulfide) groups is 1. The molecule has 0 amide bonds. The fourth-order valence-electron chi connectivity index (χ4n) is 3.12. The summed E-state index contributed by atoms with van der Waals surface area (Å²) in [5.74, 6) is -0.788. The lowest BCUT2D eigenvalue weighted by Crippen LogP contribution is -2.27. The van der Waals surface area contributed by atoms with Gasteiger partial charge in [0.15, 0.2) is 5.78 Å². The van der Waals surface area contributed by atoms with E-state index in [2.05, 4.69) is 10.2 Å². The molecule has 30 heavy (non-hydrogen) atoms. The van der Waals surface area contributed by atoms with Gasteiger partial charge in [-0.3, -0.25) is 4.79 Å². The Kier molecular flexibility index (Phi) is 5.98. The Labute approximate surface area is 177 Å². The zero-order chi connectivity index (χ0) is 21.1. The van der Waals surface area contributed by atoms with Gasteiger partial charge in [0.25, 0.3) is 5.22 Å². The third-order valence-electron chi connectivity index (χ3n) is 4.71. The molecule has 0 unspecified atom stereocenters. The first-order valence-electron chi connectivity index (χ1n) is 9.30.